The number of hydrogen-bond donors (Lipinski definition) is 1. The lowest BCUT2D eigenvalue weighted by Gasteiger charge is -2.21. The predicted octanol–water partition coefficient (Wildman–Crippen LogP) is 3.99. The van der Waals surface area contributed by atoms with Gasteiger partial charge < -0.3 is 15.0 Å². The summed E-state index contributed by atoms with van der Waals surface area (Å²) >= 11 is 0. The molecule has 0 saturated heterocycles. The molecule has 1 N–H and O–H groups in total. The molecule has 0 bridgehead atoms. The number of rotatable bonds is 9. The van der Waals surface area contributed by atoms with Gasteiger partial charge in [-0.05, 0) is 68.7 Å². The molecule has 1 aliphatic heterocycles. The maximum atomic E-state index is 13.2. The normalized spacial score (nSPS) is 13.9. The van der Waals surface area contributed by atoms with Gasteiger partial charge in [0.05, 0.1) is 18.7 Å². The molecule has 2 aromatic rings. The number of aryl methyl sites for hydroxylation is 2. The Morgan fingerprint density at radius 2 is 1.61 bits per heavy atom. The predicted molar refractivity (Wildman–Crippen MR) is 125 cm³/mol. The van der Waals surface area contributed by atoms with Crippen LogP contribution in [0.3, 0.4) is 0 Å². The van der Waals surface area contributed by atoms with Gasteiger partial charge in [-0.15, -0.1) is 0 Å². The van der Waals surface area contributed by atoms with E-state index in [-0.39, 0.29) is 18.4 Å². The highest BCUT2D eigenvalue weighted by atomic mass is 16.5. The van der Waals surface area contributed by atoms with Crippen molar-refractivity contribution in [3.63, 3.8) is 0 Å². The summed E-state index contributed by atoms with van der Waals surface area (Å²) in [5.41, 5.74) is 5.54. The minimum Gasteiger partial charge on any atom is -0.383 e. The van der Waals surface area contributed by atoms with Crippen LogP contribution in [0.4, 0.5) is 11.4 Å². The van der Waals surface area contributed by atoms with Gasteiger partial charge >= 0.3 is 0 Å². The lowest BCUT2D eigenvalue weighted by molar-refractivity contribution is -0.137. The molecule has 0 atom stereocenters. The SMILES string of the molecule is CCN(CC)c1ccc(NC2=C(c3ccc(C)c(C)c3)C(=O)N(CCOC)C2=O)cc1. The highest BCUT2D eigenvalue weighted by Crippen LogP contribution is 2.31. The van der Waals surface area contributed by atoms with Gasteiger partial charge in [0.1, 0.15) is 5.70 Å². The topological polar surface area (TPSA) is 61.9 Å². The summed E-state index contributed by atoms with van der Waals surface area (Å²) in [5, 5.41) is 3.22. The quantitative estimate of drug-likeness (QED) is 0.621. The van der Waals surface area contributed by atoms with Crippen LogP contribution in [0, 0.1) is 13.8 Å². The Balaban J connectivity index is 1.99. The van der Waals surface area contributed by atoms with Crippen molar-refractivity contribution in [2.45, 2.75) is 27.7 Å². The molecule has 0 saturated carbocycles. The second-order valence-electron chi connectivity index (χ2n) is 7.65. The molecule has 0 aliphatic carbocycles. The van der Waals surface area contributed by atoms with E-state index < -0.39 is 0 Å². The number of methoxy groups -OCH3 is 1. The molecule has 2 aromatic carbocycles. The molecule has 0 radical (unpaired) electrons. The van der Waals surface area contributed by atoms with Crippen molar-refractivity contribution in [1.29, 1.82) is 0 Å². The number of hydrogen-bond acceptors (Lipinski definition) is 5. The van der Waals surface area contributed by atoms with E-state index in [1.807, 2.05) is 56.3 Å². The lowest BCUT2D eigenvalue weighted by atomic mass is 9.99. The summed E-state index contributed by atoms with van der Waals surface area (Å²) in [6.45, 7) is 10.6. The Labute approximate surface area is 184 Å². The van der Waals surface area contributed by atoms with Crippen LogP contribution in [0.1, 0.15) is 30.5 Å². The molecular weight excluding hydrogens is 390 g/mol. The van der Waals surface area contributed by atoms with E-state index in [9.17, 15) is 9.59 Å². The fraction of sp³-hybridized carbons (Fsp3) is 0.360. The van der Waals surface area contributed by atoms with Crippen LogP contribution >= 0.6 is 0 Å². The van der Waals surface area contributed by atoms with Crippen LogP contribution in [0.5, 0.6) is 0 Å². The molecule has 1 aliphatic rings. The molecule has 0 aromatic heterocycles. The average molecular weight is 422 g/mol. The monoisotopic (exact) mass is 421 g/mol. The van der Waals surface area contributed by atoms with E-state index in [0.717, 1.165) is 41.2 Å². The summed E-state index contributed by atoms with van der Waals surface area (Å²) < 4.78 is 5.10. The van der Waals surface area contributed by atoms with Gasteiger partial charge in [0.25, 0.3) is 11.8 Å². The molecule has 6 nitrogen and oxygen atoms in total. The number of nitrogens with zero attached hydrogens (tertiary/aromatic N) is 2. The molecule has 2 amide bonds. The Morgan fingerprint density at radius 1 is 0.935 bits per heavy atom. The zero-order valence-corrected chi connectivity index (χ0v) is 19.0. The third kappa shape index (κ3) is 4.64. The van der Waals surface area contributed by atoms with Gasteiger partial charge in [0.2, 0.25) is 0 Å². The highest BCUT2D eigenvalue weighted by Gasteiger charge is 2.39. The molecule has 1 heterocycles. The van der Waals surface area contributed by atoms with E-state index in [1.165, 1.54) is 4.90 Å². The molecule has 0 spiro atoms. The molecular formula is C25H31N3O3. The largest absolute Gasteiger partial charge is 0.383 e. The van der Waals surface area contributed by atoms with Gasteiger partial charge in [-0.2, -0.15) is 0 Å². The summed E-state index contributed by atoms with van der Waals surface area (Å²) in [4.78, 5) is 29.8. The Hall–Kier alpha value is -3.12. The number of carbonyl (C=O) groups excluding carboxylic acids is 2. The summed E-state index contributed by atoms with van der Waals surface area (Å²) in [6, 6.07) is 13.8. The van der Waals surface area contributed by atoms with Crippen LogP contribution < -0.4 is 10.2 Å². The van der Waals surface area contributed by atoms with Crippen molar-refractivity contribution in [1.82, 2.24) is 4.90 Å². The van der Waals surface area contributed by atoms with Gasteiger partial charge in [0.15, 0.2) is 0 Å². The van der Waals surface area contributed by atoms with Crippen LogP contribution in [0.25, 0.3) is 5.57 Å². The van der Waals surface area contributed by atoms with Gasteiger partial charge in [-0.3, -0.25) is 14.5 Å². The molecule has 0 unspecified atom stereocenters. The molecule has 164 valence electrons. The van der Waals surface area contributed by atoms with Crippen molar-refractivity contribution >= 4 is 28.8 Å². The minimum atomic E-state index is -0.330. The Morgan fingerprint density at radius 3 is 2.19 bits per heavy atom. The van der Waals surface area contributed by atoms with Crippen molar-refractivity contribution in [2.24, 2.45) is 0 Å². The van der Waals surface area contributed by atoms with E-state index in [1.54, 1.807) is 7.11 Å². The molecule has 3 rings (SSSR count). The van der Waals surface area contributed by atoms with Crippen molar-refractivity contribution < 1.29 is 14.3 Å². The van der Waals surface area contributed by atoms with Gasteiger partial charge in [0, 0.05) is 31.6 Å². The van der Waals surface area contributed by atoms with E-state index in [0.29, 0.717) is 17.9 Å². The highest BCUT2D eigenvalue weighted by molar-refractivity contribution is 6.36. The molecule has 31 heavy (non-hydrogen) atoms. The number of carbonyl (C=O) groups is 2. The average Bonchev–Trinajstić information content (AvgIpc) is 3.00. The maximum Gasteiger partial charge on any atom is 0.278 e. The van der Waals surface area contributed by atoms with E-state index >= 15 is 0 Å². The smallest absolute Gasteiger partial charge is 0.278 e. The van der Waals surface area contributed by atoms with E-state index in [2.05, 4.69) is 24.1 Å². The number of amides is 2. The fourth-order valence-electron chi connectivity index (χ4n) is 3.73. The zero-order chi connectivity index (χ0) is 22.5. The minimum absolute atomic E-state index is 0.217. The second kappa shape index (κ2) is 9.79. The third-order valence-electron chi connectivity index (χ3n) is 5.75. The summed E-state index contributed by atoms with van der Waals surface area (Å²) in [5.74, 6) is -0.629. The summed E-state index contributed by atoms with van der Waals surface area (Å²) in [7, 11) is 1.55. The Kier molecular flexibility index (Phi) is 7.13. The van der Waals surface area contributed by atoms with Gasteiger partial charge in [-0.1, -0.05) is 18.2 Å². The number of anilines is 2. The number of benzene rings is 2. The van der Waals surface area contributed by atoms with Crippen LogP contribution in [0.2, 0.25) is 0 Å². The molecule has 0 fully saturated rings. The third-order valence-corrected chi connectivity index (χ3v) is 5.75. The standard InChI is InChI=1S/C25H31N3O3/c1-6-27(7-2)21-12-10-20(11-13-21)26-23-22(19-9-8-17(3)18(4)16-19)24(29)28(25(23)30)14-15-31-5/h8-13,16,26H,6-7,14-15H2,1-5H3. The first-order valence-corrected chi connectivity index (χ1v) is 10.7. The lowest BCUT2D eigenvalue weighted by Crippen LogP contribution is -2.35. The van der Waals surface area contributed by atoms with E-state index in [4.69, 9.17) is 4.74 Å². The van der Waals surface area contributed by atoms with Crippen molar-refractivity contribution in [3.8, 4) is 0 Å². The van der Waals surface area contributed by atoms with Crippen LogP contribution in [-0.2, 0) is 14.3 Å². The second-order valence-corrected chi connectivity index (χ2v) is 7.65. The van der Waals surface area contributed by atoms with Crippen molar-refractivity contribution in [2.75, 3.05) is 43.6 Å². The first kappa shape index (κ1) is 22.6. The number of nitrogens with one attached hydrogen (secondary N) is 1. The van der Waals surface area contributed by atoms with Crippen molar-refractivity contribution in [3.05, 3.63) is 64.9 Å². The van der Waals surface area contributed by atoms with Crippen LogP contribution in [-0.4, -0.2) is 50.1 Å². The fourth-order valence-corrected chi connectivity index (χ4v) is 3.73. The maximum absolute atomic E-state index is 13.2. The number of imide groups is 1. The van der Waals surface area contributed by atoms with Crippen LogP contribution in [0.15, 0.2) is 48.2 Å². The Bertz CT molecular complexity index is 992. The van der Waals surface area contributed by atoms with Gasteiger partial charge in [-0.25, -0.2) is 0 Å². The number of ether oxygens (including phenoxy) is 1. The first-order chi connectivity index (χ1) is 14.9. The summed E-state index contributed by atoms with van der Waals surface area (Å²) in [6.07, 6.45) is 0. The first-order valence-electron chi connectivity index (χ1n) is 10.7. The molecule has 6 heteroatoms. The zero-order valence-electron chi connectivity index (χ0n) is 19.0.